The minimum atomic E-state index is 0.590. The highest BCUT2D eigenvalue weighted by Gasteiger charge is 2.11. The molecule has 0 atom stereocenters. The fourth-order valence-electron chi connectivity index (χ4n) is 1.76. The number of thiazole rings is 1. The molecular formula is C12H8N4S. The summed E-state index contributed by atoms with van der Waals surface area (Å²) in [6.45, 7) is 1.95. The largest absolute Gasteiger partial charge is 0.337 e. The van der Waals surface area contributed by atoms with Gasteiger partial charge in [-0.05, 0) is 19.1 Å². The van der Waals surface area contributed by atoms with Crippen molar-refractivity contribution in [1.82, 2.24) is 15.0 Å². The van der Waals surface area contributed by atoms with Gasteiger partial charge in [-0.15, -0.1) is 11.3 Å². The number of fused-ring (bicyclic) bond motifs is 1. The number of imidazole rings is 1. The Morgan fingerprint density at radius 1 is 1.41 bits per heavy atom. The molecule has 3 rings (SSSR count). The van der Waals surface area contributed by atoms with E-state index in [1.165, 1.54) is 0 Å². The lowest BCUT2D eigenvalue weighted by atomic mass is 10.2. The van der Waals surface area contributed by atoms with Gasteiger partial charge >= 0.3 is 0 Å². The first-order valence-electron chi connectivity index (χ1n) is 5.09. The molecule has 0 aliphatic rings. The van der Waals surface area contributed by atoms with Gasteiger partial charge in [0.25, 0.3) is 0 Å². The van der Waals surface area contributed by atoms with Crippen molar-refractivity contribution < 1.29 is 0 Å². The zero-order valence-corrected chi connectivity index (χ0v) is 9.88. The SMILES string of the molecule is Cc1ncsc1-c1nc2c(C#N)cccc2[nH]1. The predicted octanol–water partition coefficient (Wildman–Crippen LogP) is 2.87. The van der Waals surface area contributed by atoms with Gasteiger partial charge in [-0.2, -0.15) is 5.26 Å². The van der Waals surface area contributed by atoms with E-state index in [4.69, 9.17) is 5.26 Å². The van der Waals surface area contributed by atoms with Gasteiger partial charge in [0.05, 0.1) is 27.2 Å². The van der Waals surface area contributed by atoms with Crippen LogP contribution in [0.4, 0.5) is 0 Å². The molecule has 5 heteroatoms. The summed E-state index contributed by atoms with van der Waals surface area (Å²) < 4.78 is 0. The van der Waals surface area contributed by atoms with Crippen molar-refractivity contribution in [3.8, 4) is 16.8 Å². The zero-order valence-electron chi connectivity index (χ0n) is 9.06. The van der Waals surface area contributed by atoms with Crippen LogP contribution in [0.2, 0.25) is 0 Å². The van der Waals surface area contributed by atoms with Crippen LogP contribution < -0.4 is 0 Å². The van der Waals surface area contributed by atoms with Gasteiger partial charge < -0.3 is 4.98 Å². The van der Waals surface area contributed by atoms with E-state index < -0.39 is 0 Å². The number of aromatic nitrogens is 3. The maximum absolute atomic E-state index is 9.02. The Kier molecular flexibility index (Phi) is 2.16. The van der Waals surface area contributed by atoms with E-state index >= 15 is 0 Å². The summed E-state index contributed by atoms with van der Waals surface area (Å²) in [5.41, 5.74) is 4.94. The summed E-state index contributed by atoms with van der Waals surface area (Å²) in [5, 5.41) is 9.02. The van der Waals surface area contributed by atoms with Crippen molar-refractivity contribution in [1.29, 1.82) is 5.26 Å². The first-order valence-corrected chi connectivity index (χ1v) is 5.97. The van der Waals surface area contributed by atoms with Gasteiger partial charge in [-0.1, -0.05) is 6.07 Å². The Hall–Kier alpha value is -2.19. The molecule has 0 spiro atoms. The van der Waals surface area contributed by atoms with E-state index in [0.717, 1.165) is 27.4 Å². The van der Waals surface area contributed by atoms with Crippen LogP contribution in [0.3, 0.4) is 0 Å². The summed E-state index contributed by atoms with van der Waals surface area (Å²) in [7, 11) is 0. The normalized spacial score (nSPS) is 10.6. The highest BCUT2D eigenvalue weighted by Crippen LogP contribution is 2.27. The molecule has 0 fully saturated rings. The van der Waals surface area contributed by atoms with E-state index in [0.29, 0.717) is 5.56 Å². The summed E-state index contributed by atoms with van der Waals surface area (Å²) in [6.07, 6.45) is 0. The Labute approximate surface area is 102 Å². The molecule has 0 saturated heterocycles. The second-order valence-electron chi connectivity index (χ2n) is 3.67. The van der Waals surface area contributed by atoms with Crippen molar-refractivity contribution in [3.05, 3.63) is 35.0 Å². The van der Waals surface area contributed by atoms with Crippen molar-refractivity contribution in [2.24, 2.45) is 0 Å². The number of aryl methyl sites for hydroxylation is 1. The molecule has 17 heavy (non-hydrogen) atoms. The second-order valence-corrected chi connectivity index (χ2v) is 4.52. The van der Waals surface area contributed by atoms with E-state index in [9.17, 15) is 0 Å². The van der Waals surface area contributed by atoms with Crippen LogP contribution in [0.1, 0.15) is 11.3 Å². The van der Waals surface area contributed by atoms with Gasteiger partial charge in [0, 0.05) is 0 Å². The van der Waals surface area contributed by atoms with Crippen LogP contribution in [-0.4, -0.2) is 15.0 Å². The number of nitrogens with zero attached hydrogens (tertiary/aromatic N) is 3. The Morgan fingerprint density at radius 3 is 3.00 bits per heavy atom. The summed E-state index contributed by atoms with van der Waals surface area (Å²) in [4.78, 5) is 12.9. The fraction of sp³-hybridized carbons (Fsp3) is 0.0833. The summed E-state index contributed by atoms with van der Waals surface area (Å²) >= 11 is 1.54. The topological polar surface area (TPSA) is 65.4 Å². The van der Waals surface area contributed by atoms with Crippen LogP contribution in [0.25, 0.3) is 21.7 Å². The Morgan fingerprint density at radius 2 is 2.29 bits per heavy atom. The fourth-order valence-corrected chi connectivity index (χ4v) is 2.51. The molecule has 82 valence electrons. The van der Waals surface area contributed by atoms with Crippen LogP contribution in [0.15, 0.2) is 23.7 Å². The molecule has 0 aliphatic carbocycles. The zero-order chi connectivity index (χ0) is 11.8. The van der Waals surface area contributed by atoms with Crippen molar-refractivity contribution in [2.45, 2.75) is 6.92 Å². The van der Waals surface area contributed by atoms with Gasteiger partial charge in [0.2, 0.25) is 0 Å². The maximum atomic E-state index is 9.02. The molecule has 4 nitrogen and oxygen atoms in total. The highest BCUT2D eigenvalue weighted by atomic mass is 32.1. The van der Waals surface area contributed by atoms with E-state index in [2.05, 4.69) is 21.0 Å². The smallest absolute Gasteiger partial charge is 0.150 e. The lowest BCUT2D eigenvalue weighted by Crippen LogP contribution is -1.80. The van der Waals surface area contributed by atoms with E-state index in [-0.39, 0.29) is 0 Å². The standard InChI is InChI=1S/C12H8N4S/c1-7-11(17-6-14-7)12-15-9-4-2-3-8(5-13)10(9)16-12/h2-4,6H,1H3,(H,15,16). The number of H-pyrrole nitrogens is 1. The maximum Gasteiger partial charge on any atom is 0.150 e. The summed E-state index contributed by atoms with van der Waals surface area (Å²) in [6, 6.07) is 7.69. The Balaban J connectivity index is 2.28. The molecule has 0 unspecified atom stereocenters. The second kappa shape index (κ2) is 3.68. The number of benzene rings is 1. The van der Waals surface area contributed by atoms with Gasteiger partial charge in [-0.25, -0.2) is 9.97 Å². The monoisotopic (exact) mass is 240 g/mol. The number of hydrogen-bond acceptors (Lipinski definition) is 4. The number of nitriles is 1. The average Bonchev–Trinajstić information content (AvgIpc) is 2.93. The van der Waals surface area contributed by atoms with Gasteiger partial charge in [0.1, 0.15) is 11.6 Å². The third-order valence-electron chi connectivity index (χ3n) is 2.59. The number of rotatable bonds is 1. The molecule has 3 aromatic rings. The number of hydrogen-bond donors (Lipinski definition) is 1. The summed E-state index contributed by atoms with van der Waals surface area (Å²) in [5.74, 6) is 0.780. The molecule has 0 amide bonds. The molecule has 0 aliphatic heterocycles. The molecule has 0 saturated carbocycles. The Bertz CT molecular complexity index is 732. The minimum absolute atomic E-state index is 0.590. The van der Waals surface area contributed by atoms with Crippen molar-refractivity contribution >= 4 is 22.4 Å². The van der Waals surface area contributed by atoms with E-state index in [1.807, 2.05) is 19.1 Å². The van der Waals surface area contributed by atoms with Gasteiger partial charge in [0.15, 0.2) is 5.82 Å². The average molecular weight is 240 g/mol. The molecule has 0 bridgehead atoms. The number of nitrogens with one attached hydrogen (secondary N) is 1. The first-order chi connectivity index (χ1) is 8.29. The van der Waals surface area contributed by atoms with Crippen LogP contribution in [-0.2, 0) is 0 Å². The first kappa shape index (κ1) is 10.00. The number of para-hydroxylation sites is 1. The highest BCUT2D eigenvalue weighted by molar-refractivity contribution is 7.13. The van der Waals surface area contributed by atoms with Crippen molar-refractivity contribution in [3.63, 3.8) is 0 Å². The van der Waals surface area contributed by atoms with Gasteiger partial charge in [-0.3, -0.25) is 0 Å². The molecule has 0 radical (unpaired) electrons. The molecular weight excluding hydrogens is 232 g/mol. The molecule has 1 aromatic carbocycles. The van der Waals surface area contributed by atoms with E-state index in [1.54, 1.807) is 22.9 Å². The van der Waals surface area contributed by atoms with Crippen LogP contribution in [0, 0.1) is 18.3 Å². The third-order valence-corrected chi connectivity index (χ3v) is 3.53. The molecule has 2 heterocycles. The third kappa shape index (κ3) is 1.50. The lowest BCUT2D eigenvalue weighted by Gasteiger charge is -1.90. The molecule has 1 N–H and O–H groups in total. The quantitative estimate of drug-likeness (QED) is 0.711. The lowest BCUT2D eigenvalue weighted by molar-refractivity contribution is 1.24. The molecule has 2 aromatic heterocycles. The minimum Gasteiger partial charge on any atom is -0.337 e. The number of aromatic amines is 1. The van der Waals surface area contributed by atoms with Crippen LogP contribution in [0.5, 0.6) is 0 Å². The predicted molar refractivity (Wildman–Crippen MR) is 66.7 cm³/mol. The van der Waals surface area contributed by atoms with Crippen molar-refractivity contribution in [2.75, 3.05) is 0 Å². The van der Waals surface area contributed by atoms with Crippen LogP contribution >= 0.6 is 11.3 Å².